The number of carbonyl (C=O) groups is 1. The molecular formula is C47H66O7. The molecule has 0 bridgehead atoms. The highest BCUT2D eigenvalue weighted by Gasteiger charge is 2.45. The SMILES string of the molecule is CCCCCCCCCCCCCCCCCCCCCCOC(=O)[C@@H]1c2c(cc(OC)c3c2CCc2cc(O)ccc2-3)O[C@H]1c1ccc(O)c(OC)c1. The molecule has 296 valence electrons. The number of benzene rings is 3. The van der Waals surface area contributed by atoms with Crippen molar-refractivity contribution in [1.29, 1.82) is 0 Å². The van der Waals surface area contributed by atoms with Gasteiger partial charge in [0.1, 0.15) is 29.3 Å². The van der Waals surface area contributed by atoms with Crippen LogP contribution in [0.1, 0.15) is 170 Å². The first-order valence-electron chi connectivity index (χ1n) is 21.2. The third-order valence-electron chi connectivity index (χ3n) is 11.5. The van der Waals surface area contributed by atoms with Gasteiger partial charge in [-0.1, -0.05) is 141 Å². The normalized spacial score (nSPS) is 15.6. The van der Waals surface area contributed by atoms with Crippen LogP contribution in [-0.4, -0.2) is 37.0 Å². The highest BCUT2D eigenvalue weighted by molar-refractivity contribution is 5.88. The first kappa shape index (κ1) is 41.3. The predicted molar refractivity (Wildman–Crippen MR) is 217 cm³/mol. The van der Waals surface area contributed by atoms with E-state index in [-0.39, 0.29) is 17.5 Å². The van der Waals surface area contributed by atoms with Gasteiger partial charge in [-0.25, -0.2) is 0 Å². The molecule has 0 saturated carbocycles. The lowest BCUT2D eigenvalue weighted by Gasteiger charge is -2.26. The Kier molecular flexibility index (Phi) is 16.7. The van der Waals surface area contributed by atoms with Crippen LogP contribution in [0.15, 0.2) is 42.5 Å². The molecule has 0 unspecified atom stereocenters. The number of unbranched alkanes of at least 4 members (excludes halogenated alkanes) is 19. The van der Waals surface area contributed by atoms with Crippen molar-refractivity contribution in [3.8, 4) is 39.9 Å². The number of esters is 1. The van der Waals surface area contributed by atoms with Crippen molar-refractivity contribution in [2.24, 2.45) is 0 Å². The maximum Gasteiger partial charge on any atom is 0.317 e. The second kappa shape index (κ2) is 21.9. The standard InChI is InChI=1S/C47H66O7/c1-4-5-6-7-8-9-10-11-12-13-14-15-16-17-18-19-20-21-22-23-30-53-47(50)45-44-38-27-24-34-31-36(48)26-28-37(34)43(38)41(52-3)33-42(44)54-46(45)35-25-29-39(49)40(32-35)51-2/h25-26,28-29,31-33,45-46,48-49H,4-24,27,30H2,1-3H3/t45-,46+/m1/s1. The van der Waals surface area contributed by atoms with Crippen molar-refractivity contribution in [1.82, 2.24) is 0 Å². The number of carbonyl (C=O) groups excluding carboxylic acids is 1. The van der Waals surface area contributed by atoms with E-state index in [9.17, 15) is 15.0 Å². The minimum atomic E-state index is -0.697. The van der Waals surface area contributed by atoms with E-state index in [0.717, 1.165) is 59.1 Å². The van der Waals surface area contributed by atoms with E-state index in [2.05, 4.69) is 6.92 Å². The number of hydrogen-bond donors (Lipinski definition) is 2. The summed E-state index contributed by atoms with van der Waals surface area (Å²) in [7, 11) is 3.14. The molecule has 2 aliphatic rings. The predicted octanol–water partition coefficient (Wildman–Crippen LogP) is 12.5. The van der Waals surface area contributed by atoms with Crippen LogP contribution < -0.4 is 14.2 Å². The van der Waals surface area contributed by atoms with Gasteiger partial charge in [0.25, 0.3) is 0 Å². The number of phenols is 2. The highest BCUT2D eigenvalue weighted by atomic mass is 16.5. The molecule has 0 amide bonds. The summed E-state index contributed by atoms with van der Waals surface area (Å²) in [6.07, 6.45) is 27.2. The van der Waals surface area contributed by atoms with Gasteiger partial charge in [-0.2, -0.15) is 0 Å². The average molecular weight is 743 g/mol. The number of methoxy groups -OCH3 is 2. The third-order valence-corrected chi connectivity index (χ3v) is 11.5. The molecule has 0 spiro atoms. The lowest BCUT2D eigenvalue weighted by molar-refractivity contribution is -0.147. The van der Waals surface area contributed by atoms with Gasteiger partial charge in [0.2, 0.25) is 0 Å². The van der Waals surface area contributed by atoms with Crippen molar-refractivity contribution in [2.75, 3.05) is 20.8 Å². The fourth-order valence-corrected chi connectivity index (χ4v) is 8.50. The topological polar surface area (TPSA) is 94.5 Å². The van der Waals surface area contributed by atoms with E-state index in [1.807, 2.05) is 12.1 Å². The van der Waals surface area contributed by atoms with Gasteiger partial charge in [0.05, 0.1) is 20.8 Å². The molecule has 1 aliphatic carbocycles. The Balaban J connectivity index is 1.07. The Morgan fingerprint density at radius 3 is 1.83 bits per heavy atom. The summed E-state index contributed by atoms with van der Waals surface area (Å²) in [6.45, 7) is 2.66. The molecule has 0 saturated heterocycles. The van der Waals surface area contributed by atoms with Crippen molar-refractivity contribution >= 4 is 5.97 Å². The Morgan fingerprint density at radius 2 is 1.26 bits per heavy atom. The summed E-state index contributed by atoms with van der Waals surface area (Å²) >= 11 is 0. The molecule has 1 heterocycles. The van der Waals surface area contributed by atoms with Gasteiger partial charge in [-0.3, -0.25) is 4.79 Å². The molecule has 5 rings (SSSR count). The summed E-state index contributed by atoms with van der Waals surface area (Å²) in [5, 5.41) is 20.5. The van der Waals surface area contributed by atoms with E-state index < -0.39 is 12.0 Å². The molecule has 3 aromatic carbocycles. The van der Waals surface area contributed by atoms with Gasteiger partial charge < -0.3 is 29.2 Å². The molecule has 54 heavy (non-hydrogen) atoms. The van der Waals surface area contributed by atoms with E-state index in [1.165, 1.54) is 116 Å². The van der Waals surface area contributed by atoms with E-state index in [1.54, 1.807) is 37.4 Å². The fraction of sp³-hybridized carbons (Fsp3) is 0.596. The number of ether oxygens (including phenoxy) is 4. The zero-order valence-corrected chi connectivity index (χ0v) is 33.4. The molecule has 0 fully saturated rings. The zero-order valence-electron chi connectivity index (χ0n) is 33.4. The lowest BCUT2D eigenvalue weighted by atomic mass is 9.78. The Hall–Kier alpha value is -3.87. The maximum atomic E-state index is 14.1. The summed E-state index contributed by atoms with van der Waals surface area (Å²) in [6, 6.07) is 12.4. The van der Waals surface area contributed by atoms with Crippen molar-refractivity contribution in [3.05, 3.63) is 64.7 Å². The highest BCUT2D eigenvalue weighted by Crippen LogP contribution is 2.55. The van der Waals surface area contributed by atoms with Crippen molar-refractivity contribution < 1.29 is 34.0 Å². The van der Waals surface area contributed by atoms with Gasteiger partial charge in [-0.15, -0.1) is 0 Å². The second-order valence-electron chi connectivity index (χ2n) is 15.5. The number of rotatable bonds is 25. The Bertz CT molecular complexity index is 1610. The van der Waals surface area contributed by atoms with Crippen LogP contribution >= 0.6 is 0 Å². The number of aromatic hydroxyl groups is 2. The molecule has 7 nitrogen and oxygen atoms in total. The molecule has 0 aromatic heterocycles. The van der Waals surface area contributed by atoms with Crippen molar-refractivity contribution in [3.63, 3.8) is 0 Å². The van der Waals surface area contributed by atoms with E-state index in [4.69, 9.17) is 18.9 Å². The summed E-state index contributed by atoms with van der Waals surface area (Å²) in [5.74, 6) is 0.825. The summed E-state index contributed by atoms with van der Waals surface area (Å²) < 4.78 is 23.9. The van der Waals surface area contributed by atoms with Crippen LogP contribution in [0.3, 0.4) is 0 Å². The molecule has 1 aliphatic heterocycles. The number of phenolic OH excluding ortho intramolecular Hbond substituents is 2. The smallest absolute Gasteiger partial charge is 0.317 e. The van der Waals surface area contributed by atoms with Crippen LogP contribution in [0.4, 0.5) is 0 Å². The maximum absolute atomic E-state index is 14.1. The minimum absolute atomic E-state index is 0.0226. The third kappa shape index (κ3) is 11.1. The Morgan fingerprint density at radius 1 is 0.685 bits per heavy atom. The van der Waals surface area contributed by atoms with Crippen LogP contribution in [0.25, 0.3) is 11.1 Å². The van der Waals surface area contributed by atoms with Gasteiger partial charge in [0, 0.05) is 17.2 Å². The molecule has 2 N–H and O–H groups in total. The van der Waals surface area contributed by atoms with Gasteiger partial charge in [0.15, 0.2) is 11.5 Å². The average Bonchev–Trinajstić information content (AvgIpc) is 3.57. The molecule has 0 radical (unpaired) electrons. The lowest BCUT2D eigenvalue weighted by Crippen LogP contribution is -2.23. The van der Waals surface area contributed by atoms with Gasteiger partial charge in [-0.05, 0) is 65.8 Å². The summed E-state index contributed by atoms with van der Waals surface area (Å²) in [5.41, 5.74) is 5.51. The van der Waals surface area contributed by atoms with E-state index >= 15 is 0 Å². The molecule has 7 heteroatoms. The van der Waals surface area contributed by atoms with Gasteiger partial charge >= 0.3 is 5.97 Å². The summed E-state index contributed by atoms with van der Waals surface area (Å²) in [4.78, 5) is 14.1. The fourth-order valence-electron chi connectivity index (χ4n) is 8.50. The van der Waals surface area contributed by atoms with Crippen LogP contribution in [-0.2, 0) is 22.4 Å². The van der Waals surface area contributed by atoms with Crippen molar-refractivity contribution in [2.45, 2.75) is 160 Å². The van der Waals surface area contributed by atoms with Crippen LogP contribution in [0.5, 0.6) is 28.7 Å². The monoisotopic (exact) mass is 742 g/mol. The first-order chi connectivity index (χ1) is 26.5. The zero-order chi connectivity index (χ0) is 38.1. The van der Waals surface area contributed by atoms with Crippen LogP contribution in [0.2, 0.25) is 0 Å². The molecule has 3 aromatic rings. The number of fused-ring (bicyclic) bond motifs is 5. The van der Waals surface area contributed by atoms with Crippen LogP contribution in [0, 0.1) is 0 Å². The first-order valence-corrected chi connectivity index (χ1v) is 21.2. The minimum Gasteiger partial charge on any atom is -0.508 e. The van der Waals surface area contributed by atoms with E-state index in [0.29, 0.717) is 30.3 Å². The number of aryl methyl sites for hydroxylation is 1. The Labute approximate surface area is 324 Å². The largest absolute Gasteiger partial charge is 0.508 e. The molecular weight excluding hydrogens is 677 g/mol. The second-order valence-corrected chi connectivity index (χ2v) is 15.5. The quantitative estimate of drug-likeness (QED) is 0.0659. The number of hydrogen-bond acceptors (Lipinski definition) is 7. The molecule has 2 atom stereocenters.